The molecule has 0 saturated carbocycles. The maximum Gasteiger partial charge on any atom is 0.257 e. The monoisotopic (exact) mass is 376 g/mol. The van der Waals surface area contributed by atoms with E-state index < -0.39 is 0 Å². The minimum atomic E-state index is -0.349. The summed E-state index contributed by atoms with van der Waals surface area (Å²) in [5.41, 5.74) is 2.25. The zero-order chi connectivity index (χ0) is 17.8. The average Bonchev–Trinajstić information content (AvgIpc) is 3.01. The van der Waals surface area contributed by atoms with Gasteiger partial charge in [0, 0.05) is 17.1 Å². The molecule has 7 heteroatoms. The Morgan fingerprint density at radius 3 is 2.96 bits per heavy atom. The van der Waals surface area contributed by atoms with Crippen molar-refractivity contribution in [3.63, 3.8) is 0 Å². The van der Waals surface area contributed by atoms with E-state index in [4.69, 9.17) is 20.8 Å². The van der Waals surface area contributed by atoms with Crippen LogP contribution in [0, 0.1) is 0 Å². The van der Waals surface area contributed by atoms with Crippen LogP contribution in [0.2, 0.25) is 5.02 Å². The highest BCUT2D eigenvalue weighted by Crippen LogP contribution is 2.28. The molecular weight excluding hydrogens is 360 g/mol. The van der Waals surface area contributed by atoms with E-state index >= 15 is 0 Å². The van der Waals surface area contributed by atoms with Crippen molar-refractivity contribution >= 4 is 40.4 Å². The predicted octanol–water partition coefficient (Wildman–Crippen LogP) is 4.29. The summed E-state index contributed by atoms with van der Waals surface area (Å²) in [5.74, 6) is 0.648. The molecule has 1 N–H and O–H groups in total. The van der Waals surface area contributed by atoms with Crippen molar-refractivity contribution in [3.05, 3.63) is 53.1 Å². The van der Waals surface area contributed by atoms with Crippen LogP contribution in [0.5, 0.6) is 5.75 Å². The molecule has 0 aliphatic heterocycles. The number of hydrogen-bond acceptors (Lipinski definition) is 5. The molecule has 2 aromatic carbocycles. The van der Waals surface area contributed by atoms with Crippen LogP contribution >= 0.6 is 23.4 Å². The van der Waals surface area contributed by atoms with E-state index in [1.165, 1.54) is 11.8 Å². The molecule has 3 rings (SSSR count). The number of amides is 1. The molecule has 130 valence electrons. The van der Waals surface area contributed by atoms with E-state index in [9.17, 15) is 4.79 Å². The summed E-state index contributed by atoms with van der Waals surface area (Å²) in [5, 5.41) is 3.60. The fourth-order valence-electron chi connectivity index (χ4n) is 2.31. The third kappa shape index (κ3) is 4.27. The summed E-state index contributed by atoms with van der Waals surface area (Å²) < 4.78 is 10.9. The largest absolute Gasteiger partial charge is 0.496 e. The molecule has 0 aliphatic rings. The Hall–Kier alpha value is -2.18. The standard InChI is InChI=1S/C18H17ClN2O3S/c1-11(17(22)20-10-12-5-3-4-6-15(12)23-2)25-18-21-14-9-13(19)7-8-16(14)24-18/h3-9,11H,10H2,1-2H3,(H,20,22). The number of nitrogens with one attached hydrogen (secondary N) is 1. The van der Waals surface area contributed by atoms with Crippen LogP contribution in [0.4, 0.5) is 0 Å². The topological polar surface area (TPSA) is 64.4 Å². The molecule has 0 fully saturated rings. The zero-order valence-electron chi connectivity index (χ0n) is 13.8. The zero-order valence-corrected chi connectivity index (χ0v) is 15.4. The predicted molar refractivity (Wildman–Crippen MR) is 99.2 cm³/mol. The third-order valence-corrected chi connectivity index (χ3v) is 4.80. The lowest BCUT2D eigenvalue weighted by molar-refractivity contribution is -0.120. The van der Waals surface area contributed by atoms with Crippen molar-refractivity contribution in [1.29, 1.82) is 0 Å². The molecular formula is C18H17ClN2O3S. The lowest BCUT2D eigenvalue weighted by Gasteiger charge is -2.12. The quantitative estimate of drug-likeness (QED) is 0.650. The number of ether oxygens (including phenoxy) is 1. The second-order valence-corrected chi connectivity index (χ2v) is 7.11. The average molecular weight is 377 g/mol. The first-order chi connectivity index (χ1) is 12.1. The first-order valence-corrected chi connectivity index (χ1v) is 8.95. The van der Waals surface area contributed by atoms with E-state index in [1.807, 2.05) is 31.2 Å². The van der Waals surface area contributed by atoms with Gasteiger partial charge in [-0.1, -0.05) is 41.6 Å². The van der Waals surface area contributed by atoms with Gasteiger partial charge in [-0.15, -0.1) is 0 Å². The van der Waals surface area contributed by atoms with Crippen molar-refractivity contribution in [3.8, 4) is 5.75 Å². The fraction of sp³-hybridized carbons (Fsp3) is 0.222. The highest BCUT2D eigenvalue weighted by Gasteiger charge is 2.18. The molecule has 1 heterocycles. The Bertz CT molecular complexity index is 897. The van der Waals surface area contributed by atoms with Crippen molar-refractivity contribution in [2.24, 2.45) is 0 Å². The lowest BCUT2D eigenvalue weighted by Crippen LogP contribution is -2.30. The molecule has 1 aromatic heterocycles. The number of oxazole rings is 1. The Morgan fingerprint density at radius 1 is 1.36 bits per heavy atom. The number of carbonyl (C=O) groups is 1. The molecule has 0 spiro atoms. The van der Waals surface area contributed by atoms with E-state index in [0.29, 0.717) is 27.9 Å². The summed E-state index contributed by atoms with van der Waals surface area (Å²) in [6.45, 7) is 2.21. The molecule has 1 atom stereocenters. The molecule has 1 unspecified atom stereocenters. The van der Waals surface area contributed by atoms with Crippen molar-refractivity contribution in [2.45, 2.75) is 23.9 Å². The SMILES string of the molecule is COc1ccccc1CNC(=O)C(C)Sc1nc2cc(Cl)ccc2o1. The van der Waals surface area contributed by atoms with Crippen LogP contribution in [-0.2, 0) is 11.3 Å². The number of thioether (sulfide) groups is 1. The summed E-state index contributed by atoms with van der Waals surface area (Å²) in [6.07, 6.45) is 0. The Labute approximate surface area is 154 Å². The fourth-order valence-corrected chi connectivity index (χ4v) is 3.26. The number of rotatable bonds is 6. The molecule has 25 heavy (non-hydrogen) atoms. The van der Waals surface area contributed by atoms with Crippen LogP contribution in [0.15, 0.2) is 52.1 Å². The van der Waals surface area contributed by atoms with Gasteiger partial charge in [0.2, 0.25) is 5.91 Å². The van der Waals surface area contributed by atoms with Gasteiger partial charge in [0.1, 0.15) is 11.3 Å². The van der Waals surface area contributed by atoms with Crippen molar-refractivity contribution in [1.82, 2.24) is 10.3 Å². The van der Waals surface area contributed by atoms with Gasteiger partial charge < -0.3 is 14.5 Å². The van der Waals surface area contributed by atoms with Gasteiger partial charge in [-0.2, -0.15) is 0 Å². The smallest absolute Gasteiger partial charge is 0.257 e. The Kier molecular flexibility index (Phi) is 5.50. The van der Waals surface area contributed by atoms with E-state index in [1.54, 1.807) is 25.3 Å². The normalized spacial score (nSPS) is 12.1. The van der Waals surface area contributed by atoms with E-state index in [2.05, 4.69) is 10.3 Å². The molecule has 0 radical (unpaired) electrons. The summed E-state index contributed by atoms with van der Waals surface area (Å²) in [6, 6.07) is 12.8. The number of nitrogens with zero attached hydrogens (tertiary/aromatic N) is 1. The van der Waals surface area contributed by atoms with Crippen LogP contribution < -0.4 is 10.1 Å². The number of methoxy groups -OCH3 is 1. The summed E-state index contributed by atoms with van der Waals surface area (Å²) in [4.78, 5) is 16.7. The number of aromatic nitrogens is 1. The van der Waals surface area contributed by atoms with Gasteiger partial charge in [-0.3, -0.25) is 4.79 Å². The molecule has 5 nitrogen and oxygen atoms in total. The van der Waals surface area contributed by atoms with E-state index in [-0.39, 0.29) is 11.2 Å². The molecule has 3 aromatic rings. The molecule has 0 bridgehead atoms. The van der Waals surface area contributed by atoms with Gasteiger partial charge in [-0.05, 0) is 31.2 Å². The van der Waals surface area contributed by atoms with Crippen LogP contribution in [0.1, 0.15) is 12.5 Å². The van der Waals surface area contributed by atoms with Gasteiger partial charge in [0.05, 0.1) is 12.4 Å². The lowest BCUT2D eigenvalue weighted by atomic mass is 10.2. The van der Waals surface area contributed by atoms with Crippen molar-refractivity contribution in [2.75, 3.05) is 7.11 Å². The van der Waals surface area contributed by atoms with Gasteiger partial charge in [0.25, 0.3) is 5.22 Å². The number of halogens is 1. The van der Waals surface area contributed by atoms with E-state index in [0.717, 1.165) is 11.3 Å². The second kappa shape index (κ2) is 7.80. The minimum absolute atomic E-state index is 0.101. The highest BCUT2D eigenvalue weighted by molar-refractivity contribution is 8.00. The number of hydrogen-bond donors (Lipinski definition) is 1. The Morgan fingerprint density at radius 2 is 2.16 bits per heavy atom. The Balaban J connectivity index is 1.61. The summed E-state index contributed by atoms with van der Waals surface area (Å²) in [7, 11) is 1.61. The van der Waals surface area contributed by atoms with Crippen LogP contribution in [-0.4, -0.2) is 23.3 Å². The highest BCUT2D eigenvalue weighted by atomic mass is 35.5. The molecule has 0 aliphatic carbocycles. The molecule has 0 saturated heterocycles. The maximum absolute atomic E-state index is 12.3. The third-order valence-electron chi connectivity index (χ3n) is 3.62. The molecule has 1 amide bonds. The number of fused-ring (bicyclic) bond motifs is 1. The first kappa shape index (κ1) is 17.6. The van der Waals surface area contributed by atoms with Crippen LogP contribution in [0.3, 0.4) is 0 Å². The minimum Gasteiger partial charge on any atom is -0.496 e. The number of carbonyl (C=O) groups excluding carboxylic acids is 1. The maximum atomic E-state index is 12.3. The second-order valence-electron chi connectivity index (χ2n) is 5.38. The van der Waals surface area contributed by atoms with Gasteiger partial charge >= 0.3 is 0 Å². The van der Waals surface area contributed by atoms with Gasteiger partial charge in [0.15, 0.2) is 5.58 Å². The first-order valence-electron chi connectivity index (χ1n) is 7.69. The van der Waals surface area contributed by atoms with Gasteiger partial charge in [-0.25, -0.2) is 4.98 Å². The number of para-hydroxylation sites is 1. The number of benzene rings is 2. The van der Waals surface area contributed by atoms with Crippen LogP contribution in [0.25, 0.3) is 11.1 Å². The van der Waals surface area contributed by atoms with Crippen molar-refractivity contribution < 1.29 is 13.9 Å². The summed E-state index contributed by atoms with van der Waals surface area (Å²) >= 11 is 7.21.